The first-order chi connectivity index (χ1) is 11.1. The summed E-state index contributed by atoms with van der Waals surface area (Å²) in [7, 11) is 0. The Morgan fingerprint density at radius 1 is 1.35 bits per heavy atom. The van der Waals surface area contributed by atoms with Gasteiger partial charge in [-0.15, -0.1) is 11.3 Å². The normalized spacial score (nSPS) is 25.6. The predicted molar refractivity (Wildman–Crippen MR) is 91.3 cm³/mol. The highest BCUT2D eigenvalue weighted by Gasteiger charge is 2.36. The predicted octanol–water partition coefficient (Wildman–Crippen LogP) is 2.06. The maximum Gasteiger partial charge on any atom is 0.222 e. The first kappa shape index (κ1) is 16.5. The largest absolute Gasteiger partial charge is 0.352 e. The molecule has 3 rings (SSSR count). The van der Waals surface area contributed by atoms with Crippen LogP contribution in [0.3, 0.4) is 0 Å². The molecule has 1 aromatic rings. The molecule has 2 aliphatic rings. The smallest absolute Gasteiger partial charge is 0.222 e. The van der Waals surface area contributed by atoms with Crippen molar-refractivity contribution in [2.45, 2.75) is 57.2 Å². The van der Waals surface area contributed by atoms with E-state index in [-0.39, 0.29) is 23.9 Å². The van der Waals surface area contributed by atoms with Crippen LogP contribution in [-0.4, -0.2) is 41.9 Å². The van der Waals surface area contributed by atoms with Crippen molar-refractivity contribution < 1.29 is 9.59 Å². The Labute approximate surface area is 141 Å². The topological polar surface area (TPSA) is 61.4 Å². The van der Waals surface area contributed by atoms with E-state index < -0.39 is 0 Å². The van der Waals surface area contributed by atoms with Gasteiger partial charge < -0.3 is 10.6 Å². The van der Waals surface area contributed by atoms with Gasteiger partial charge in [0.2, 0.25) is 11.8 Å². The fraction of sp³-hybridized carbons (Fsp3) is 0.647. The summed E-state index contributed by atoms with van der Waals surface area (Å²) in [5.74, 6) is -0.0647. The van der Waals surface area contributed by atoms with E-state index >= 15 is 0 Å². The van der Waals surface area contributed by atoms with E-state index in [0.29, 0.717) is 12.5 Å². The second-order valence-electron chi connectivity index (χ2n) is 6.53. The van der Waals surface area contributed by atoms with Gasteiger partial charge in [0.1, 0.15) is 0 Å². The Hall–Kier alpha value is -1.40. The van der Waals surface area contributed by atoms with Gasteiger partial charge in [0.25, 0.3) is 0 Å². The van der Waals surface area contributed by atoms with Crippen LogP contribution >= 0.6 is 11.3 Å². The Kier molecular flexibility index (Phi) is 5.33. The Morgan fingerprint density at radius 3 is 2.96 bits per heavy atom. The van der Waals surface area contributed by atoms with E-state index in [1.807, 2.05) is 17.5 Å². The minimum Gasteiger partial charge on any atom is -0.352 e. The summed E-state index contributed by atoms with van der Waals surface area (Å²) < 4.78 is 0. The highest BCUT2D eigenvalue weighted by molar-refractivity contribution is 7.10. The molecule has 5 nitrogen and oxygen atoms in total. The average molecular weight is 335 g/mol. The van der Waals surface area contributed by atoms with Gasteiger partial charge in [0, 0.05) is 30.4 Å². The third-order valence-electron chi connectivity index (χ3n) is 4.86. The number of fused-ring (bicyclic) bond motifs is 1. The molecule has 0 radical (unpaired) electrons. The number of carbonyl (C=O) groups is 2. The zero-order valence-electron chi connectivity index (χ0n) is 13.6. The molecule has 0 bridgehead atoms. The molecule has 0 aliphatic carbocycles. The van der Waals surface area contributed by atoms with Crippen LogP contribution in [0.4, 0.5) is 0 Å². The van der Waals surface area contributed by atoms with E-state index in [0.717, 1.165) is 17.8 Å². The number of hydrogen-bond acceptors (Lipinski definition) is 4. The van der Waals surface area contributed by atoms with Crippen molar-refractivity contribution in [1.82, 2.24) is 15.5 Å². The van der Waals surface area contributed by atoms with Gasteiger partial charge in [-0.05, 0) is 37.3 Å². The highest BCUT2D eigenvalue weighted by Crippen LogP contribution is 2.28. The van der Waals surface area contributed by atoms with Gasteiger partial charge in [-0.3, -0.25) is 14.5 Å². The number of nitrogens with one attached hydrogen (secondary N) is 2. The van der Waals surface area contributed by atoms with Crippen molar-refractivity contribution in [2.75, 3.05) is 13.1 Å². The summed E-state index contributed by atoms with van der Waals surface area (Å²) in [5.41, 5.74) is 0. The number of rotatable bonds is 5. The molecule has 0 spiro atoms. The molecule has 0 saturated carbocycles. The third-order valence-corrected chi connectivity index (χ3v) is 5.84. The van der Waals surface area contributed by atoms with E-state index in [1.54, 1.807) is 11.3 Å². The number of piperidine rings is 1. The summed E-state index contributed by atoms with van der Waals surface area (Å²) in [6, 6.07) is 4.47. The molecule has 0 aromatic carbocycles. The lowest BCUT2D eigenvalue weighted by Crippen LogP contribution is -2.47. The molecule has 2 fully saturated rings. The van der Waals surface area contributed by atoms with Crippen molar-refractivity contribution in [2.24, 2.45) is 0 Å². The second-order valence-corrected chi connectivity index (χ2v) is 7.51. The molecule has 23 heavy (non-hydrogen) atoms. The van der Waals surface area contributed by atoms with Crippen LogP contribution in [0.2, 0.25) is 0 Å². The summed E-state index contributed by atoms with van der Waals surface area (Å²) in [4.78, 5) is 27.4. The van der Waals surface area contributed by atoms with Gasteiger partial charge in [-0.2, -0.15) is 0 Å². The van der Waals surface area contributed by atoms with Gasteiger partial charge in [-0.25, -0.2) is 0 Å². The zero-order chi connectivity index (χ0) is 16.2. The van der Waals surface area contributed by atoms with Crippen molar-refractivity contribution >= 4 is 23.2 Å². The van der Waals surface area contributed by atoms with Gasteiger partial charge in [0.15, 0.2) is 0 Å². The molecule has 3 atom stereocenters. The minimum atomic E-state index is -0.226. The van der Waals surface area contributed by atoms with Crippen LogP contribution in [0.1, 0.15) is 49.9 Å². The molecule has 2 saturated heterocycles. The lowest BCUT2D eigenvalue weighted by atomic mass is 9.99. The molecule has 126 valence electrons. The lowest BCUT2D eigenvalue weighted by molar-refractivity contribution is -0.123. The molecule has 2 amide bonds. The second kappa shape index (κ2) is 7.45. The summed E-state index contributed by atoms with van der Waals surface area (Å²) in [5, 5.41) is 8.08. The van der Waals surface area contributed by atoms with Gasteiger partial charge >= 0.3 is 0 Å². The van der Waals surface area contributed by atoms with E-state index in [2.05, 4.69) is 15.5 Å². The molecule has 1 aromatic heterocycles. The molecule has 2 aliphatic heterocycles. The van der Waals surface area contributed by atoms with Crippen molar-refractivity contribution in [1.29, 1.82) is 0 Å². The monoisotopic (exact) mass is 335 g/mol. The molecule has 6 heteroatoms. The maximum absolute atomic E-state index is 12.5. The van der Waals surface area contributed by atoms with Gasteiger partial charge in [0.05, 0.1) is 12.5 Å². The Balaban J connectivity index is 1.57. The highest BCUT2D eigenvalue weighted by atomic mass is 32.1. The SMILES string of the molecule is CC(=O)N[C@H](CC(=O)N[C@H]1CCN2CCCC[C@@H]12)c1cccs1. The zero-order valence-corrected chi connectivity index (χ0v) is 14.4. The molecular weight excluding hydrogens is 310 g/mol. The fourth-order valence-electron chi connectivity index (χ4n) is 3.82. The van der Waals surface area contributed by atoms with Crippen LogP contribution in [-0.2, 0) is 9.59 Å². The average Bonchev–Trinajstić information content (AvgIpc) is 3.16. The molecule has 2 N–H and O–H groups in total. The summed E-state index contributed by atoms with van der Waals surface area (Å²) in [6.07, 6.45) is 5.08. The van der Waals surface area contributed by atoms with E-state index in [1.165, 1.54) is 32.7 Å². The Bertz CT molecular complexity index is 546. The summed E-state index contributed by atoms with van der Waals surface area (Å²) >= 11 is 1.57. The first-order valence-electron chi connectivity index (χ1n) is 8.47. The number of amides is 2. The summed E-state index contributed by atoms with van der Waals surface area (Å²) in [6.45, 7) is 3.76. The minimum absolute atomic E-state index is 0.0366. The number of carbonyl (C=O) groups excluding carboxylic acids is 2. The molecule has 0 unspecified atom stereocenters. The van der Waals surface area contributed by atoms with E-state index in [9.17, 15) is 9.59 Å². The fourth-order valence-corrected chi connectivity index (χ4v) is 4.60. The van der Waals surface area contributed by atoms with Crippen LogP contribution in [0, 0.1) is 0 Å². The van der Waals surface area contributed by atoms with E-state index in [4.69, 9.17) is 0 Å². The van der Waals surface area contributed by atoms with Crippen molar-refractivity contribution in [3.05, 3.63) is 22.4 Å². The van der Waals surface area contributed by atoms with Gasteiger partial charge in [-0.1, -0.05) is 12.5 Å². The molecular formula is C17H25N3O2S. The molecule has 3 heterocycles. The standard InChI is InChI=1S/C17H25N3O2S/c1-12(21)18-14(16-6-4-10-23-16)11-17(22)19-13-7-9-20-8-3-2-5-15(13)20/h4,6,10,13-15H,2-3,5,7-9,11H2,1H3,(H,18,21)(H,19,22)/t13-,14+,15-/m0/s1. The first-order valence-corrected chi connectivity index (χ1v) is 9.35. The third kappa shape index (κ3) is 4.12. The van der Waals surface area contributed by atoms with Crippen LogP contribution in [0.15, 0.2) is 17.5 Å². The Morgan fingerprint density at radius 2 is 2.22 bits per heavy atom. The lowest BCUT2D eigenvalue weighted by Gasteiger charge is -2.32. The number of hydrogen-bond donors (Lipinski definition) is 2. The van der Waals surface area contributed by atoms with Crippen LogP contribution < -0.4 is 10.6 Å². The number of thiophene rings is 1. The van der Waals surface area contributed by atoms with Crippen LogP contribution in [0.5, 0.6) is 0 Å². The van der Waals surface area contributed by atoms with Crippen molar-refractivity contribution in [3.63, 3.8) is 0 Å². The van der Waals surface area contributed by atoms with Crippen LogP contribution in [0.25, 0.3) is 0 Å². The number of nitrogens with zero attached hydrogens (tertiary/aromatic N) is 1. The maximum atomic E-state index is 12.5. The quantitative estimate of drug-likeness (QED) is 0.866. The van der Waals surface area contributed by atoms with Crippen molar-refractivity contribution in [3.8, 4) is 0 Å².